The average molecular weight is 481 g/mol. The van der Waals surface area contributed by atoms with Gasteiger partial charge in [0, 0.05) is 29.4 Å². The van der Waals surface area contributed by atoms with E-state index < -0.39 is 0 Å². The van der Waals surface area contributed by atoms with Gasteiger partial charge in [0.2, 0.25) is 0 Å². The summed E-state index contributed by atoms with van der Waals surface area (Å²) in [5.74, 6) is 1.85. The topological polar surface area (TPSA) is 67.1 Å². The summed E-state index contributed by atoms with van der Waals surface area (Å²) in [6.07, 6.45) is 14.6. The maximum absolute atomic E-state index is 5.07. The lowest BCUT2D eigenvalue weighted by atomic mass is 9.95. The highest BCUT2D eigenvalue weighted by molar-refractivity contribution is 5.82. The molecule has 186 valence electrons. The van der Waals surface area contributed by atoms with Crippen LogP contribution in [0, 0.1) is 6.92 Å². The minimum Gasteiger partial charge on any atom is -0.367 e. The molecule has 0 saturated heterocycles. The van der Waals surface area contributed by atoms with E-state index in [1.807, 2.05) is 10.7 Å². The van der Waals surface area contributed by atoms with Gasteiger partial charge in [-0.3, -0.25) is 0 Å². The van der Waals surface area contributed by atoms with Crippen LogP contribution in [0.5, 0.6) is 0 Å². The molecule has 3 heterocycles. The Morgan fingerprint density at radius 1 is 0.750 bits per heavy atom. The highest BCUT2D eigenvalue weighted by Gasteiger charge is 2.20. The molecule has 6 heteroatoms. The Morgan fingerprint density at radius 2 is 1.47 bits per heavy atom. The second-order valence-electron chi connectivity index (χ2n) is 10.6. The SMILES string of the molecule is Cc1cccc(-c2nc3ccc(NC4CCCCC4)nn3c2-c2ccnc(NC3CCCCC3)c2)c1. The number of aryl methyl sites for hydroxylation is 1. The van der Waals surface area contributed by atoms with Crippen molar-refractivity contribution in [2.75, 3.05) is 10.6 Å². The second-order valence-corrected chi connectivity index (χ2v) is 10.6. The third kappa shape index (κ3) is 4.95. The molecule has 2 aliphatic carbocycles. The van der Waals surface area contributed by atoms with Crippen LogP contribution in [-0.4, -0.2) is 31.7 Å². The Bertz CT molecular complexity index is 1330. The average Bonchev–Trinajstić information content (AvgIpc) is 3.29. The summed E-state index contributed by atoms with van der Waals surface area (Å²) in [4.78, 5) is 9.73. The van der Waals surface area contributed by atoms with Crippen LogP contribution in [0.1, 0.15) is 69.8 Å². The first kappa shape index (κ1) is 23.0. The van der Waals surface area contributed by atoms with Crippen molar-refractivity contribution in [1.29, 1.82) is 0 Å². The van der Waals surface area contributed by atoms with Crippen molar-refractivity contribution in [1.82, 2.24) is 19.6 Å². The normalized spacial score (nSPS) is 17.4. The molecular weight excluding hydrogens is 444 g/mol. The third-order valence-electron chi connectivity index (χ3n) is 7.72. The Labute approximate surface area is 213 Å². The predicted octanol–water partition coefficient (Wildman–Crippen LogP) is 7.26. The van der Waals surface area contributed by atoms with Crippen molar-refractivity contribution in [3.8, 4) is 22.5 Å². The summed E-state index contributed by atoms with van der Waals surface area (Å²) in [5.41, 5.74) is 6.23. The van der Waals surface area contributed by atoms with Crippen LogP contribution >= 0.6 is 0 Å². The molecule has 2 aliphatic rings. The van der Waals surface area contributed by atoms with Crippen molar-refractivity contribution >= 4 is 17.3 Å². The van der Waals surface area contributed by atoms with Gasteiger partial charge in [-0.15, -0.1) is 5.10 Å². The smallest absolute Gasteiger partial charge is 0.155 e. The van der Waals surface area contributed by atoms with E-state index in [1.54, 1.807) is 0 Å². The van der Waals surface area contributed by atoms with E-state index in [9.17, 15) is 0 Å². The second kappa shape index (κ2) is 10.3. The maximum Gasteiger partial charge on any atom is 0.155 e. The molecule has 0 radical (unpaired) electrons. The van der Waals surface area contributed by atoms with Gasteiger partial charge in [-0.1, -0.05) is 62.3 Å². The Balaban J connectivity index is 1.42. The summed E-state index contributed by atoms with van der Waals surface area (Å²) < 4.78 is 2.02. The molecule has 6 nitrogen and oxygen atoms in total. The van der Waals surface area contributed by atoms with Gasteiger partial charge in [-0.25, -0.2) is 14.5 Å². The molecule has 0 bridgehead atoms. The molecule has 2 fully saturated rings. The summed E-state index contributed by atoms with van der Waals surface area (Å²) in [6, 6.07) is 18.0. The van der Waals surface area contributed by atoms with Crippen molar-refractivity contribution in [3.05, 3.63) is 60.3 Å². The number of nitrogens with one attached hydrogen (secondary N) is 2. The van der Waals surface area contributed by atoms with Crippen LogP contribution < -0.4 is 10.6 Å². The van der Waals surface area contributed by atoms with Crippen LogP contribution in [0.15, 0.2) is 54.7 Å². The zero-order chi connectivity index (χ0) is 24.3. The van der Waals surface area contributed by atoms with E-state index in [4.69, 9.17) is 10.1 Å². The molecule has 36 heavy (non-hydrogen) atoms. The monoisotopic (exact) mass is 480 g/mol. The number of pyridine rings is 1. The lowest BCUT2D eigenvalue weighted by molar-refractivity contribution is 0.461. The van der Waals surface area contributed by atoms with E-state index in [0.29, 0.717) is 12.1 Å². The van der Waals surface area contributed by atoms with Crippen LogP contribution in [0.25, 0.3) is 28.2 Å². The number of fused-ring (bicyclic) bond motifs is 1. The fourth-order valence-electron chi connectivity index (χ4n) is 5.83. The molecule has 0 atom stereocenters. The van der Waals surface area contributed by atoms with E-state index in [0.717, 1.165) is 39.8 Å². The Hall–Kier alpha value is -3.41. The molecule has 2 N–H and O–H groups in total. The summed E-state index contributed by atoms with van der Waals surface area (Å²) in [6.45, 7) is 2.13. The zero-order valence-corrected chi connectivity index (χ0v) is 21.2. The largest absolute Gasteiger partial charge is 0.367 e. The first-order valence-corrected chi connectivity index (χ1v) is 13.7. The number of hydrogen-bond acceptors (Lipinski definition) is 5. The molecule has 3 aromatic heterocycles. The van der Waals surface area contributed by atoms with Gasteiger partial charge >= 0.3 is 0 Å². The molecule has 0 amide bonds. The van der Waals surface area contributed by atoms with E-state index in [-0.39, 0.29) is 0 Å². The van der Waals surface area contributed by atoms with Crippen molar-refractivity contribution in [2.24, 2.45) is 0 Å². The van der Waals surface area contributed by atoms with Gasteiger partial charge in [0.05, 0.1) is 5.69 Å². The van der Waals surface area contributed by atoms with Crippen molar-refractivity contribution in [3.63, 3.8) is 0 Å². The van der Waals surface area contributed by atoms with Gasteiger partial charge in [0.25, 0.3) is 0 Å². The number of hydrogen-bond donors (Lipinski definition) is 2. The number of benzene rings is 1. The summed E-state index contributed by atoms with van der Waals surface area (Å²) >= 11 is 0. The molecule has 0 unspecified atom stereocenters. The third-order valence-corrected chi connectivity index (χ3v) is 7.72. The first-order valence-electron chi connectivity index (χ1n) is 13.7. The maximum atomic E-state index is 5.07. The fourth-order valence-corrected chi connectivity index (χ4v) is 5.83. The summed E-state index contributed by atoms with van der Waals surface area (Å²) in [5, 5.41) is 12.4. The number of rotatable bonds is 6. The minimum atomic E-state index is 0.499. The quantitative estimate of drug-likeness (QED) is 0.304. The number of nitrogens with zero attached hydrogens (tertiary/aromatic N) is 4. The Morgan fingerprint density at radius 3 is 2.19 bits per heavy atom. The minimum absolute atomic E-state index is 0.499. The van der Waals surface area contributed by atoms with Crippen LogP contribution in [0.2, 0.25) is 0 Å². The lowest BCUT2D eigenvalue weighted by Crippen LogP contribution is -2.23. The molecule has 4 aromatic rings. The van der Waals surface area contributed by atoms with E-state index >= 15 is 0 Å². The predicted molar refractivity (Wildman–Crippen MR) is 147 cm³/mol. The van der Waals surface area contributed by atoms with Gasteiger partial charge in [-0.2, -0.15) is 0 Å². The van der Waals surface area contributed by atoms with Crippen LogP contribution in [0.4, 0.5) is 11.6 Å². The first-order chi connectivity index (χ1) is 17.7. The highest BCUT2D eigenvalue weighted by atomic mass is 15.3. The molecular formula is C30H36N6. The lowest BCUT2D eigenvalue weighted by Gasteiger charge is -2.23. The van der Waals surface area contributed by atoms with Gasteiger partial charge < -0.3 is 10.6 Å². The molecule has 2 saturated carbocycles. The van der Waals surface area contributed by atoms with Crippen molar-refractivity contribution < 1.29 is 0 Å². The fraction of sp³-hybridized carbons (Fsp3) is 0.433. The number of aromatic nitrogens is 4. The molecule has 0 aliphatic heterocycles. The molecule has 0 spiro atoms. The zero-order valence-electron chi connectivity index (χ0n) is 21.2. The number of imidazole rings is 1. The standard InChI is InChI=1S/C30H36N6/c1-21-9-8-10-22(19-21)29-30(23-17-18-31-27(20-23)33-25-13-6-3-7-14-25)36-28(34-29)16-15-26(35-36)32-24-11-4-2-5-12-24/h8-10,15-20,24-25H,2-7,11-14H2,1H3,(H,31,33)(H,32,35). The van der Waals surface area contributed by atoms with Crippen LogP contribution in [0.3, 0.4) is 0 Å². The van der Waals surface area contributed by atoms with E-state index in [1.165, 1.54) is 69.8 Å². The number of anilines is 2. The van der Waals surface area contributed by atoms with Gasteiger partial charge in [-0.05, 0) is 62.9 Å². The van der Waals surface area contributed by atoms with Gasteiger partial charge in [0.1, 0.15) is 17.3 Å². The van der Waals surface area contributed by atoms with Crippen LogP contribution in [-0.2, 0) is 0 Å². The highest BCUT2D eigenvalue weighted by Crippen LogP contribution is 2.34. The van der Waals surface area contributed by atoms with Crippen molar-refractivity contribution in [2.45, 2.75) is 83.2 Å². The molecule has 1 aromatic carbocycles. The summed E-state index contributed by atoms with van der Waals surface area (Å²) in [7, 11) is 0. The Kier molecular flexibility index (Phi) is 6.58. The van der Waals surface area contributed by atoms with Gasteiger partial charge in [0.15, 0.2) is 5.65 Å². The van der Waals surface area contributed by atoms with E-state index in [2.05, 4.69) is 71.1 Å². The molecule has 6 rings (SSSR count).